The zero-order valence-electron chi connectivity index (χ0n) is 45.7. The van der Waals surface area contributed by atoms with Gasteiger partial charge in [0.1, 0.15) is 20.0 Å². The van der Waals surface area contributed by atoms with Gasteiger partial charge in [-0.05, 0) is 0 Å². The summed E-state index contributed by atoms with van der Waals surface area (Å²) in [5, 5.41) is 29.4. The van der Waals surface area contributed by atoms with Crippen molar-refractivity contribution < 1.29 is 217 Å². The van der Waals surface area contributed by atoms with Crippen LogP contribution in [0.5, 0.6) is 0 Å². The molecule has 3 N–H and O–H groups in total. The molecule has 0 aromatic carbocycles. The van der Waals surface area contributed by atoms with Gasteiger partial charge < -0.3 is 43.7 Å². The van der Waals surface area contributed by atoms with Gasteiger partial charge in [-0.1, -0.05) is 39.5 Å². The summed E-state index contributed by atoms with van der Waals surface area (Å²) in [6, 6.07) is 0. The molecule has 546 valence electrons. The Hall–Kier alpha value is -7.17. The van der Waals surface area contributed by atoms with E-state index in [2.05, 4.69) is 67.9 Å². The molecule has 12 atom stereocenters. The van der Waals surface area contributed by atoms with Crippen LogP contribution in [0.15, 0.2) is 75.9 Å². The first kappa shape index (κ1) is 81.3. The Kier molecular flexibility index (Phi) is 18.8. The van der Waals surface area contributed by atoms with E-state index in [0.717, 1.165) is 0 Å². The molecule has 6 saturated carbocycles. The van der Waals surface area contributed by atoms with Crippen molar-refractivity contribution >= 4 is 35.8 Å². The SMILES string of the molecule is C=CC(=O)OC1(F)C(F)(F)C2(OC(=O)C=C)CC(F)(CF)C(F)(F)C(F)(C1(F)F)C2(F)F.C=CC(=O)OC1(F)C(F)(F)C2(OC(=O)C=C)CC(F)(CF)C(F)(F)C(O)(C1(F)F)C2(F)F.C=CC(=O)OC1(F)C(F)(F)C2(OC(=O)C=C)CC(O)(CF)C(F)(F)C(O)(C1(F)F)C2(F)F. The topological polar surface area (TPSA) is 218 Å². The maximum Gasteiger partial charge on any atom is 0.385 e. The highest BCUT2D eigenvalue weighted by Gasteiger charge is 3.12. The number of esters is 6. The largest absolute Gasteiger partial charge is 0.442 e. The van der Waals surface area contributed by atoms with E-state index in [1.807, 2.05) is 0 Å². The van der Waals surface area contributed by atoms with Crippen LogP contribution < -0.4 is 0 Å². The molecule has 48 heteroatoms. The standard InChI is InChI=1S/C16H10F12O4.C16H11F11O5.C16H12F10O6/c1-3-7(29)31-10-5-9(18,6-17)12(20,21)11(19,13(10,22)23)15(26,27)16(28,14(10,24)25)32-8(30)4-2;1-3-7(28)31-10-5-9(18,6-17)12(19,20)11(30,13(10,21)22)15(25,26)16(27,14(10,23)24)32-8(29)4-2;1-3-7(27)31-10-5-9(29,6-17)12(18,19)11(30,13(10,20)21)15(24,25)16(26,14(10,22)23)32-8(28)4-2/h3-4H,1-2,5-6H2;3-4,30H,1-2,5-6H2;3-4,29-30H,1-2,5-6H2. The van der Waals surface area contributed by atoms with E-state index in [1.54, 1.807) is 0 Å². The highest BCUT2D eigenvalue weighted by molar-refractivity contribution is 5.85. The molecule has 0 aromatic heterocycles. The fourth-order valence-corrected chi connectivity index (χ4v) is 10.9. The molecule has 6 fully saturated rings. The molecule has 96 heavy (non-hydrogen) atoms. The fourth-order valence-electron chi connectivity index (χ4n) is 10.9. The molecule has 15 nitrogen and oxygen atoms in total. The van der Waals surface area contributed by atoms with Gasteiger partial charge in [-0.15, -0.1) is 0 Å². The van der Waals surface area contributed by atoms with Crippen molar-refractivity contribution in [2.24, 2.45) is 0 Å². The van der Waals surface area contributed by atoms with Gasteiger partial charge in [0.2, 0.25) is 11.3 Å². The van der Waals surface area contributed by atoms with Crippen molar-refractivity contribution in [2.45, 2.75) is 159 Å². The summed E-state index contributed by atoms with van der Waals surface area (Å²) in [4.78, 5) is 67.9. The van der Waals surface area contributed by atoms with E-state index >= 15 is 52.7 Å². The van der Waals surface area contributed by atoms with Gasteiger partial charge in [-0.2, -0.15) is 119 Å². The number of alkyl halides is 33. The zero-order chi connectivity index (χ0) is 76.2. The molecule has 0 amide bonds. The second-order valence-corrected chi connectivity index (χ2v) is 20.9. The van der Waals surface area contributed by atoms with Crippen LogP contribution in [0, 0.1) is 0 Å². The number of hydrogen-bond donors (Lipinski definition) is 3. The minimum atomic E-state index is -7.48. The van der Waals surface area contributed by atoms with E-state index in [9.17, 15) is 136 Å². The summed E-state index contributed by atoms with van der Waals surface area (Å²) >= 11 is 0. The number of ether oxygens (including phenoxy) is 6. The normalized spacial score (nSPS) is 40.6. The number of rotatable bonds is 15. The van der Waals surface area contributed by atoms with Crippen LogP contribution in [0.4, 0.5) is 145 Å². The Balaban J connectivity index is 0.000000306. The highest BCUT2D eigenvalue weighted by Crippen LogP contribution is 2.80. The number of carbonyl (C=O) groups is 6. The van der Waals surface area contributed by atoms with Crippen molar-refractivity contribution in [1.29, 1.82) is 0 Å². The Bertz CT molecular complexity index is 2930. The molecule has 0 radical (unpaired) electrons. The van der Waals surface area contributed by atoms with Gasteiger partial charge in [0, 0.05) is 55.7 Å². The highest BCUT2D eigenvalue weighted by atomic mass is 19.4. The molecule has 0 heterocycles. The molecular weight excluding hydrogens is 1440 g/mol. The van der Waals surface area contributed by atoms with Crippen LogP contribution in [0.1, 0.15) is 19.3 Å². The number of fused-ring (bicyclic) bond motifs is 6. The Morgan fingerprint density at radius 3 is 0.771 bits per heavy atom. The number of halogens is 33. The minimum Gasteiger partial charge on any atom is -0.442 e. The summed E-state index contributed by atoms with van der Waals surface area (Å²) in [6.45, 7) is 5.61. The van der Waals surface area contributed by atoms with Gasteiger partial charge >= 0.3 is 130 Å². The predicted molar refractivity (Wildman–Crippen MR) is 235 cm³/mol. The summed E-state index contributed by atoms with van der Waals surface area (Å²) in [6.07, 6.45) is -11.4. The third-order valence-electron chi connectivity index (χ3n) is 16.0. The average molecular weight is 1480 g/mol. The Morgan fingerprint density at radius 2 is 0.510 bits per heavy atom. The van der Waals surface area contributed by atoms with Crippen LogP contribution in [0.2, 0.25) is 0 Å². The third-order valence-corrected chi connectivity index (χ3v) is 16.0. The smallest absolute Gasteiger partial charge is 0.385 e. The summed E-state index contributed by atoms with van der Waals surface area (Å²) in [5.74, 6) is -118. The van der Waals surface area contributed by atoms with E-state index < -0.39 is 214 Å². The van der Waals surface area contributed by atoms with Crippen LogP contribution in [0.3, 0.4) is 0 Å². The Labute approximate surface area is 507 Å². The maximum atomic E-state index is 15.2. The molecule has 0 aromatic rings. The van der Waals surface area contributed by atoms with E-state index in [4.69, 9.17) is 0 Å². The lowest BCUT2D eigenvalue weighted by Crippen LogP contribution is -2.98. The van der Waals surface area contributed by atoms with Crippen molar-refractivity contribution in [2.75, 3.05) is 20.0 Å². The van der Waals surface area contributed by atoms with Gasteiger partial charge in [-0.25, -0.2) is 55.1 Å². The first-order valence-corrected chi connectivity index (χ1v) is 24.2. The lowest BCUT2D eigenvalue weighted by atomic mass is 9.52. The lowest BCUT2D eigenvalue weighted by Gasteiger charge is -2.66. The monoisotopic (exact) mass is 1480 g/mol. The van der Waals surface area contributed by atoms with Crippen molar-refractivity contribution in [3.63, 3.8) is 0 Å². The molecular formula is C48H33F33O15. The van der Waals surface area contributed by atoms with Gasteiger partial charge in [0.25, 0.3) is 28.0 Å². The number of carbonyl (C=O) groups excluding carboxylic acids is 6. The predicted octanol–water partition coefficient (Wildman–Crippen LogP) is 9.65. The second-order valence-electron chi connectivity index (χ2n) is 20.9. The van der Waals surface area contributed by atoms with Crippen LogP contribution in [-0.2, 0) is 57.2 Å². The van der Waals surface area contributed by atoms with Crippen LogP contribution >= 0.6 is 0 Å². The lowest BCUT2D eigenvalue weighted by molar-refractivity contribution is -0.549. The third kappa shape index (κ3) is 8.29. The molecule has 6 rings (SSSR count). The van der Waals surface area contributed by atoms with E-state index in [0.29, 0.717) is 0 Å². The van der Waals surface area contributed by atoms with E-state index in [-0.39, 0.29) is 36.5 Å². The molecule has 6 aliphatic rings. The maximum absolute atomic E-state index is 15.2. The number of hydrogen-bond acceptors (Lipinski definition) is 15. The first-order valence-electron chi connectivity index (χ1n) is 24.2. The van der Waals surface area contributed by atoms with Crippen molar-refractivity contribution in [1.82, 2.24) is 0 Å². The quantitative estimate of drug-likeness (QED) is 0.0602. The molecule has 6 bridgehead atoms. The van der Waals surface area contributed by atoms with Crippen LogP contribution in [-0.4, -0.2) is 210 Å². The van der Waals surface area contributed by atoms with Crippen molar-refractivity contribution in [3.05, 3.63) is 75.9 Å². The van der Waals surface area contributed by atoms with Crippen molar-refractivity contribution in [3.8, 4) is 0 Å². The second kappa shape index (κ2) is 22.2. The molecule has 6 aliphatic carbocycles. The summed E-state index contributed by atoms with van der Waals surface area (Å²) < 4.78 is 505. The van der Waals surface area contributed by atoms with Gasteiger partial charge in [0.05, 0.1) is 0 Å². The van der Waals surface area contributed by atoms with E-state index in [1.165, 1.54) is 0 Å². The fraction of sp³-hybridized carbons (Fsp3) is 0.625. The Morgan fingerprint density at radius 1 is 0.281 bits per heavy atom. The number of aliphatic hydroxyl groups is 3. The van der Waals surface area contributed by atoms with Gasteiger partial charge in [-0.3, -0.25) is 0 Å². The average Bonchev–Trinajstić information content (AvgIpc) is 0.645. The molecule has 0 saturated heterocycles. The van der Waals surface area contributed by atoms with Gasteiger partial charge in [0.15, 0.2) is 5.60 Å². The summed E-state index contributed by atoms with van der Waals surface area (Å²) in [5.41, 5.74) is -54.4. The first-order chi connectivity index (χ1) is 42.5. The molecule has 12 unspecified atom stereocenters. The minimum absolute atomic E-state index is 0.177. The molecule has 0 aliphatic heterocycles. The molecule has 0 spiro atoms. The summed E-state index contributed by atoms with van der Waals surface area (Å²) in [7, 11) is 0. The van der Waals surface area contributed by atoms with Crippen LogP contribution in [0.25, 0.3) is 0 Å². The zero-order valence-corrected chi connectivity index (χ0v) is 45.7.